The molecule has 0 unspecified atom stereocenters. The molecular formula is C53H69N5O8Si. The predicted octanol–water partition coefficient (Wildman–Crippen LogP) is 10.7. The maximum absolute atomic E-state index is 13.1. The number of alkyl carbamates (subject to hydrolysis) is 1. The fourth-order valence-corrected chi connectivity index (χ4v) is 9.63. The molecule has 6 rings (SSSR count). The van der Waals surface area contributed by atoms with E-state index >= 15 is 0 Å². The molecule has 4 aromatic carbocycles. The number of pyridine rings is 1. The quantitative estimate of drug-likeness (QED) is 0.0494. The number of hydrogen-bond acceptors (Lipinski definition) is 8. The van der Waals surface area contributed by atoms with Gasteiger partial charge in [0.2, 0.25) is 11.5 Å². The second kappa shape index (κ2) is 21.8. The summed E-state index contributed by atoms with van der Waals surface area (Å²) < 4.78 is 12.4. The Morgan fingerprint density at radius 3 is 2.13 bits per heavy atom. The van der Waals surface area contributed by atoms with Crippen molar-refractivity contribution >= 4 is 43.0 Å². The zero-order chi connectivity index (χ0) is 48.5. The number of phenols is 1. The van der Waals surface area contributed by atoms with E-state index in [-0.39, 0.29) is 40.4 Å². The van der Waals surface area contributed by atoms with Gasteiger partial charge in [0, 0.05) is 55.2 Å². The fraction of sp³-hybridized carbons (Fsp3) is 0.434. The molecule has 0 radical (unpaired) electrons. The van der Waals surface area contributed by atoms with Crippen molar-refractivity contribution < 1.29 is 33.8 Å². The number of aromatic nitrogens is 1. The van der Waals surface area contributed by atoms with E-state index in [2.05, 4.69) is 54.8 Å². The minimum Gasteiger partial charge on any atom is -0.506 e. The van der Waals surface area contributed by atoms with Crippen LogP contribution < -0.4 is 26.4 Å². The second-order valence-electron chi connectivity index (χ2n) is 20.3. The monoisotopic (exact) mass is 931 g/mol. The number of fused-ring (bicyclic) bond motifs is 1. The van der Waals surface area contributed by atoms with Crippen LogP contribution in [-0.4, -0.2) is 65.8 Å². The van der Waals surface area contributed by atoms with Gasteiger partial charge in [0.25, 0.3) is 0 Å². The molecule has 358 valence electrons. The first-order valence-electron chi connectivity index (χ1n) is 23.5. The van der Waals surface area contributed by atoms with E-state index < -0.39 is 26.1 Å². The maximum Gasteiger partial charge on any atom is 0.412 e. The van der Waals surface area contributed by atoms with Crippen LogP contribution in [0.4, 0.5) is 15.3 Å². The lowest BCUT2D eigenvalue weighted by atomic mass is 9.89. The molecule has 5 aromatic rings. The first-order valence-corrected chi connectivity index (χ1v) is 26.4. The Morgan fingerprint density at radius 2 is 1.49 bits per heavy atom. The number of aromatic amines is 1. The molecule has 67 heavy (non-hydrogen) atoms. The number of hydrogen-bond donors (Lipinski definition) is 6. The fourth-order valence-electron chi connectivity index (χ4n) is 8.35. The summed E-state index contributed by atoms with van der Waals surface area (Å²) in [6, 6.07) is 30.2. The van der Waals surface area contributed by atoms with Gasteiger partial charge in [0.15, 0.2) is 8.32 Å². The van der Waals surface area contributed by atoms with Gasteiger partial charge < -0.3 is 40.3 Å². The number of carboxylic acid groups (broad SMARTS) is 1. The normalized spacial score (nSPS) is 16.0. The Morgan fingerprint density at radius 1 is 0.836 bits per heavy atom. The van der Waals surface area contributed by atoms with Gasteiger partial charge in [-0.2, -0.15) is 0 Å². The number of benzene rings is 4. The Hall–Kier alpha value is -5.96. The van der Waals surface area contributed by atoms with Gasteiger partial charge in [0.1, 0.15) is 11.4 Å². The van der Waals surface area contributed by atoms with E-state index in [0.717, 1.165) is 38.8 Å². The smallest absolute Gasteiger partial charge is 0.412 e. The molecule has 0 spiro atoms. The Balaban J connectivity index is 1.03. The molecule has 1 heterocycles. The van der Waals surface area contributed by atoms with Crippen molar-refractivity contribution in [3.63, 3.8) is 0 Å². The van der Waals surface area contributed by atoms with Gasteiger partial charge in [-0.3, -0.25) is 14.5 Å². The molecule has 13 nitrogen and oxygen atoms in total. The molecule has 1 saturated carbocycles. The number of carbonyl (C=O) groups is 3. The van der Waals surface area contributed by atoms with Gasteiger partial charge in [-0.25, -0.2) is 9.59 Å². The average molecular weight is 932 g/mol. The minimum absolute atomic E-state index is 0.0139. The Kier molecular flexibility index (Phi) is 16.4. The average Bonchev–Trinajstić information content (AvgIpc) is 3.26. The molecule has 1 aliphatic carbocycles. The third-order valence-electron chi connectivity index (χ3n) is 12.9. The highest BCUT2D eigenvalue weighted by Gasteiger charge is 2.40. The summed E-state index contributed by atoms with van der Waals surface area (Å²) in [7, 11) is -2.23. The van der Waals surface area contributed by atoms with Gasteiger partial charge >= 0.3 is 12.2 Å². The molecule has 1 fully saturated rings. The summed E-state index contributed by atoms with van der Waals surface area (Å²) in [5.74, 6) is -0.0468. The third kappa shape index (κ3) is 13.8. The SMILES string of the molecule is CC(C)(C)OC(=O)NC1CCC(N(C(=O)O)c2cc(CCCC(=O)NCc3ccc(CNC[C@H](O[Si](C)(C)C(C)(C)C)c4ccc(O)c5[nH]c(=O)ccc45)cc3)ccc2-c2ccccc2)CC1. The number of nitrogens with zero attached hydrogens (tertiary/aromatic N) is 1. The lowest BCUT2D eigenvalue weighted by Gasteiger charge is -2.39. The van der Waals surface area contributed by atoms with Crippen molar-refractivity contribution in [2.45, 2.75) is 141 Å². The molecular weight excluding hydrogens is 863 g/mol. The molecule has 0 aliphatic heterocycles. The third-order valence-corrected chi connectivity index (χ3v) is 17.4. The van der Waals surface area contributed by atoms with Gasteiger partial charge in [-0.05, 0) is 123 Å². The van der Waals surface area contributed by atoms with Crippen LogP contribution in [0.1, 0.15) is 108 Å². The summed E-state index contributed by atoms with van der Waals surface area (Å²) in [4.78, 5) is 54.9. The Labute approximate surface area is 395 Å². The van der Waals surface area contributed by atoms with Crippen molar-refractivity contribution in [3.05, 3.63) is 130 Å². The van der Waals surface area contributed by atoms with Crippen LogP contribution in [0, 0.1) is 0 Å². The number of rotatable bonds is 17. The van der Waals surface area contributed by atoms with Crippen LogP contribution in [0.2, 0.25) is 18.1 Å². The maximum atomic E-state index is 13.1. The summed E-state index contributed by atoms with van der Waals surface area (Å²) in [5, 5.41) is 31.5. The molecule has 1 aromatic heterocycles. The first-order chi connectivity index (χ1) is 31.7. The van der Waals surface area contributed by atoms with Gasteiger partial charge in [-0.1, -0.05) is 93.6 Å². The number of ether oxygens (including phenoxy) is 1. The number of carbonyl (C=O) groups excluding carboxylic acids is 2. The number of anilines is 1. The molecule has 0 saturated heterocycles. The van der Waals surface area contributed by atoms with Gasteiger partial charge in [-0.15, -0.1) is 0 Å². The number of phenolic OH excluding ortho intramolecular Hbond substituents is 1. The highest BCUT2D eigenvalue weighted by Crippen LogP contribution is 2.41. The highest BCUT2D eigenvalue weighted by molar-refractivity contribution is 6.74. The molecule has 1 atom stereocenters. The van der Waals surface area contributed by atoms with Crippen LogP contribution in [-0.2, 0) is 33.5 Å². The van der Waals surface area contributed by atoms with E-state index in [1.807, 2.05) is 99.6 Å². The molecule has 6 N–H and O–H groups in total. The standard InChI is InChI=1S/C53H69N5O8Si/c1-52(2,3)65-50(62)56-39-22-24-40(25-23-39)58(51(63)64)44-31-35(21-26-41(44)38-14-10-9-11-15-38)13-12-16-47(60)55-33-37-19-17-36(18-20-37)32-54-34-46(66-67(7,8)53(4,5)6)42-27-29-45(59)49-43(42)28-30-48(61)57-49/h9-11,14-15,17-21,26-31,39-40,46,54,59H,12-13,16,22-25,32-34H2,1-8H3,(H,55,60)(H,56,62)(H,57,61)(H,63,64)/t39?,40?,46-/m0/s1. The van der Waals surface area contributed by atoms with Crippen LogP contribution in [0.5, 0.6) is 5.75 Å². The highest BCUT2D eigenvalue weighted by atomic mass is 28.4. The van der Waals surface area contributed by atoms with E-state index in [9.17, 15) is 29.4 Å². The van der Waals surface area contributed by atoms with Crippen molar-refractivity contribution in [1.82, 2.24) is 20.9 Å². The van der Waals surface area contributed by atoms with Gasteiger partial charge in [0.05, 0.1) is 17.3 Å². The second-order valence-corrected chi connectivity index (χ2v) is 25.0. The molecule has 0 bridgehead atoms. The van der Waals surface area contributed by atoms with Crippen molar-refractivity contribution in [3.8, 4) is 16.9 Å². The largest absolute Gasteiger partial charge is 0.506 e. The van der Waals surface area contributed by atoms with Crippen LogP contribution in [0.15, 0.2) is 102 Å². The summed E-state index contributed by atoms with van der Waals surface area (Å²) in [6.07, 6.45) is 2.13. The molecule has 1 aliphatic rings. The molecule has 14 heteroatoms. The Bertz CT molecular complexity index is 2540. The lowest BCUT2D eigenvalue weighted by Crippen LogP contribution is -2.47. The zero-order valence-corrected chi connectivity index (χ0v) is 41.3. The summed E-state index contributed by atoms with van der Waals surface area (Å²) in [5.41, 5.74) is 5.75. The number of aromatic hydroxyl groups is 1. The van der Waals surface area contributed by atoms with Crippen LogP contribution in [0.25, 0.3) is 22.0 Å². The summed E-state index contributed by atoms with van der Waals surface area (Å²) in [6.45, 7) is 18.0. The number of nitrogens with one attached hydrogen (secondary N) is 4. The van der Waals surface area contributed by atoms with Crippen LogP contribution >= 0.6 is 0 Å². The zero-order valence-electron chi connectivity index (χ0n) is 40.3. The van der Waals surface area contributed by atoms with E-state index in [1.54, 1.807) is 12.1 Å². The summed E-state index contributed by atoms with van der Waals surface area (Å²) >= 11 is 0. The number of H-pyrrole nitrogens is 1. The van der Waals surface area contributed by atoms with E-state index in [1.165, 1.54) is 11.0 Å². The van der Waals surface area contributed by atoms with E-state index in [4.69, 9.17) is 9.16 Å². The van der Waals surface area contributed by atoms with Crippen LogP contribution in [0.3, 0.4) is 0 Å². The predicted molar refractivity (Wildman–Crippen MR) is 268 cm³/mol. The lowest BCUT2D eigenvalue weighted by molar-refractivity contribution is -0.121. The van der Waals surface area contributed by atoms with Crippen molar-refractivity contribution in [1.29, 1.82) is 0 Å². The minimum atomic E-state index is -2.23. The topological polar surface area (TPSA) is 182 Å². The van der Waals surface area contributed by atoms with Crippen molar-refractivity contribution in [2.24, 2.45) is 0 Å². The first kappa shape index (κ1) is 50.4. The van der Waals surface area contributed by atoms with E-state index in [0.29, 0.717) is 75.8 Å². The number of amides is 3. The number of aryl methyl sites for hydroxylation is 1. The van der Waals surface area contributed by atoms with Crippen molar-refractivity contribution in [2.75, 3.05) is 11.4 Å². The molecule has 3 amide bonds.